The number of carbonyl (C=O) groups is 2. The third-order valence-electron chi connectivity index (χ3n) is 2.82. The summed E-state index contributed by atoms with van der Waals surface area (Å²) in [6.07, 6.45) is 0.882. The van der Waals surface area contributed by atoms with Crippen molar-refractivity contribution in [2.75, 3.05) is 5.32 Å². The molecule has 3 N–H and O–H groups in total. The Morgan fingerprint density at radius 3 is 2.27 bits per heavy atom. The number of primary amides is 1. The zero-order valence-corrected chi connectivity index (χ0v) is 12.8. The van der Waals surface area contributed by atoms with E-state index in [1.165, 1.54) is 18.2 Å². The fourth-order valence-corrected chi connectivity index (χ4v) is 1.68. The molecule has 13 nitrogen and oxygen atoms in total. The first-order valence-electron chi connectivity index (χ1n) is 6.71. The van der Waals surface area contributed by atoms with Crippen LogP contribution in [0.5, 0.6) is 0 Å². The maximum atomic E-state index is 12.0. The zero-order valence-electron chi connectivity index (χ0n) is 12.8. The molecule has 1 aromatic carbocycles. The van der Waals surface area contributed by atoms with Gasteiger partial charge in [-0.1, -0.05) is 0 Å². The van der Waals surface area contributed by atoms with Gasteiger partial charge in [-0.25, -0.2) is 9.59 Å². The topological polar surface area (TPSA) is 187 Å². The molecule has 0 unspecified atom stereocenters. The molecule has 0 aliphatic rings. The first-order chi connectivity index (χ1) is 12.3. The van der Waals surface area contributed by atoms with Crippen molar-refractivity contribution < 1.29 is 23.9 Å². The van der Waals surface area contributed by atoms with Crippen molar-refractivity contribution in [1.29, 1.82) is 0 Å². The molecule has 0 saturated heterocycles. The first kappa shape index (κ1) is 18.1. The lowest BCUT2D eigenvalue weighted by Gasteiger charge is -2.13. The van der Waals surface area contributed by atoms with Gasteiger partial charge < -0.3 is 15.5 Å². The van der Waals surface area contributed by atoms with Crippen molar-refractivity contribution in [2.24, 2.45) is 10.8 Å². The number of hydrogen-bond donors (Lipinski definition) is 2. The third-order valence-corrected chi connectivity index (χ3v) is 2.82. The van der Waals surface area contributed by atoms with E-state index in [1.807, 2.05) is 0 Å². The largest absolute Gasteiger partial charge is 0.433 e. The van der Waals surface area contributed by atoms with Crippen molar-refractivity contribution in [3.05, 3.63) is 62.4 Å². The molecule has 0 fully saturated rings. The lowest BCUT2D eigenvalue weighted by Crippen LogP contribution is -2.39. The molecule has 13 heteroatoms. The van der Waals surface area contributed by atoms with Crippen molar-refractivity contribution in [1.82, 2.24) is 5.01 Å². The van der Waals surface area contributed by atoms with Gasteiger partial charge in [-0.3, -0.25) is 20.2 Å². The molecule has 134 valence electrons. The van der Waals surface area contributed by atoms with Gasteiger partial charge in [-0.2, -0.15) is 5.10 Å². The Balaban J connectivity index is 2.11. The highest BCUT2D eigenvalue weighted by molar-refractivity contribution is 6.00. The number of hydrogen-bond acceptors (Lipinski definition) is 8. The van der Waals surface area contributed by atoms with Gasteiger partial charge in [0.25, 0.3) is 5.69 Å². The molecule has 4 amide bonds. The summed E-state index contributed by atoms with van der Waals surface area (Å²) >= 11 is 0. The quantitative estimate of drug-likeness (QED) is 0.462. The number of urea groups is 2. The Morgan fingerprint density at radius 1 is 1.12 bits per heavy atom. The SMILES string of the molecule is NC(=O)N(/N=C/c1ccc([N+](=O)[O-])o1)C(=O)Nc1ccc([N+](=O)[O-])cc1. The summed E-state index contributed by atoms with van der Waals surface area (Å²) in [5, 5.41) is 27.1. The number of nitrogens with zero attached hydrogens (tertiary/aromatic N) is 4. The van der Waals surface area contributed by atoms with E-state index in [0.29, 0.717) is 0 Å². The molecule has 0 bridgehead atoms. The van der Waals surface area contributed by atoms with Crippen LogP contribution in [0, 0.1) is 20.2 Å². The molecule has 0 spiro atoms. The van der Waals surface area contributed by atoms with Gasteiger partial charge in [-0.05, 0) is 18.2 Å². The smallest absolute Gasteiger partial charge is 0.400 e. The zero-order chi connectivity index (χ0) is 19.3. The minimum atomic E-state index is -1.23. The average molecular weight is 362 g/mol. The maximum absolute atomic E-state index is 12.0. The van der Waals surface area contributed by atoms with E-state index in [9.17, 15) is 29.8 Å². The third kappa shape index (κ3) is 4.38. The summed E-state index contributed by atoms with van der Waals surface area (Å²) < 4.78 is 4.79. The highest BCUT2D eigenvalue weighted by atomic mass is 16.6. The molecular weight excluding hydrogens is 352 g/mol. The van der Waals surface area contributed by atoms with Crippen LogP contribution in [0.4, 0.5) is 26.8 Å². The summed E-state index contributed by atoms with van der Waals surface area (Å²) in [5.74, 6) is -0.640. The fraction of sp³-hybridized carbons (Fsp3) is 0. The van der Waals surface area contributed by atoms with Gasteiger partial charge in [0.05, 0.1) is 17.2 Å². The number of furan rings is 1. The molecular formula is C13H10N6O7. The molecule has 1 aromatic heterocycles. The number of nitrogens with two attached hydrogens (primary N) is 1. The summed E-state index contributed by atoms with van der Waals surface area (Å²) in [6, 6.07) is 4.77. The van der Waals surface area contributed by atoms with Crippen molar-refractivity contribution in [3.63, 3.8) is 0 Å². The predicted molar refractivity (Wildman–Crippen MR) is 86.5 cm³/mol. The minimum absolute atomic E-state index is 0.0916. The minimum Gasteiger partial charge on any atom is -0.400 e. The Bertz CT molecular complexity index is 889. The Hall–Kier alpha value is -4.29. The van der Waals surface area contributed by atoms with E-state index >= 15 is 0 Å². The molecule has 0 saturated carbocycles. The van der Waals surface area contributed by atoms with Crippen LogP contribution in [0.1, 0.15) is 5.76 Å². The van der Waals surface area contributed by atoms with E-state index in [1.54, 1.807) is 0 Å². The molecule has 0 aliphatic carbocycles. The molecule has 0 aliphatic heterocycles. The number of benzene rings is 1. The van der Waals surface area contributed by atoms with Gasteiger partial charge in [0.2, 0.25) is 0 Å². The van der Waals surface area contributed by atoms with E-state index < -0.39 is 27.8 Å². The summed E-state index contributed by atoms with van der Waals surface area (Å²) in [4.78, 5) is 43.1. The van der Waals surface area contributed by atoms with Crippen LogP contribution in [-0.4, -0.2) is 33.1 Å². The highest BCUT2D eigenvalue weighted by Crippen LogP contribution is 2.16. The number of nitrogens with one attached hydrogen (secondary N) is 1. The van der Waals surface area contributed by atoms with Gasteiger partial charge in [0.1, 0.15) is 4.92 Å². The van der Waals surface area contributed by atoms with Gasteiger partial charge in [0, 0.05) is 17.8 Å². The second kappa shape index (κ2) is 7.52. The van der Waals surface area contributed by atoms with Crippen LogP contribution in [0.3, 0.4) is 0 Å². The van der Waals surface area contributed by atoms with Crippen LogP contribution >= 0.6 is 0 Å². The second-order valence-corrected chi connectivity index (χ2v) is 4.56. The van der Waals surface area contributed by atoms with E-state index in [4.69, 9.17) is 10.2 Å². The monoisotopic (exact) mass is 362 g/mol. The Kier molecular flexibility index (Phi) is 5.22. The first-order valence-corrected chi connectivity index (χ1v) is 6.71. The van der Waals surface area contributed by atoms with Crippen LogP contribution in [0.2, 0.25) is 0 Å². The number of imide groups is 1. The molecule has 1 heterocycles. The molecule has 2 aromatic rings. The van der Waals surface area contributed by atoms with Crippen LogP contribution in [-0.2, 0) is 0 Å². The summed E-state index contributed by atoms with van der Waals surface area (Å²) in [5.41, 5.74) is 5.02. The molecule has 0 atom stereocenters. The Morgan fingerprint density at radius 2 is 1.77 bits per heavy atom. The van der Waals surface area contributed by atoms with Crippen molar-refractivity contribution in [2.45, 2.75) is 0 Å². The number of non-ortho nitro benzene ring substituents is 1. The maximum Gasteiger partial charge on any atom is 0.433 e. The van der Waals surface area contributed by atoms with Crippen LogP contribution in [0.25, 0.3) is 0 Å². The molecule has 2 rings (SSSR count). The van der Waals surface area contributed by atoms with Crippen molar-refractivity contribution in [3.8, 4) is 0 Å². The normalized spacial score (nSPS) is 10.5. The number of hydrazone groups is 1. The number of nitro groups is 2. The van der Waals surface area contributed by atoms with Gasteiger partial charge in [0.15, 0.2) is 5.76 Å². The van der Waals surface area contributed by atoms with Crippen molar-refractivity contribution >= 4 is 35.5 Å². The number of carbonyl (C=O) groups excluding carboxylic acids is 2. The second-order valence-electron chi connectivity index (χ2n) is 4.56. The fourth-order valence-electron chi connectivity index (χ4n) is 1.68. The van der Waals surface area contributed by atoms with Crippen LogP contribution < -0.4 is 11.1 Å². The number of rotatable bonds is 5. The van der Waals surface area contributed by atoms with E-state index in [0.717, 1.165) is 24.4 Å². The Labute approximate surface area is 144 Å². The summed E-state index contributed by atoms with van der Waals surface area (Å²) in [6.45, 7) is 0. The number of anilines is 1. The average Bonchev–Trinajstić information content (AvgIpc) is 3.04. The van der Waals surface area contributed by atoms with E-state index in [-0.39, 0.29) is 22.1 Å². The summed E-state index contributed by atoms with van der Waals surface area (Å²) in [7, 11) is 0. The van der Waals surface area contributed by atoms with Gasteiger partial charge >= 0.3 is 17.9 Å². The van der Waals surface area contributed by atoms with Crippen LogP contribution in [0.15, 0.2) is 45.9 Å². The predicted octanol–water partition coefficient (Wildman–Crippen LogP) is 2.04. The van der Waals surface area contributed by atoms with E-state index in [2.05, 4.69) is 10.4 Å². The lowest BCUT2D eigenvalue weighted by atomic mass is 10.3. The number of nitro benzene ring substituents is 1. The highest BCUT2D eigenvalue weighted by Gasteiger charge is 2.19. The molecule has 26 heavy (non-hydrogen) atoms. The standard InChI is InChI=1S/C13H10N6O7/c14-12(20)17(15-7-10-5-6-11(26-10)19(24)25)13(21)16-8-1-3-9(4-2-8)18(22)23/h1-7H,(H2,14,20)(H,16,21)/b15-7+. The van der Waals surface area contributed by atoms with Gasteiger partial charge in [-0.15, -0.1) is 5.01 Å². The molecule has 0 radical (unpaired) electrons. The lowest BCUT2D eigenvalue weighted by molar-refractivity contribution is -0.402. The number of amides is 4.